The van der Waals surface area contributed by atoms with Crippen LogP contribution in [0.1, 0.15) is 26.2 Å². The van der Waals surface area contributed by atoms with Gasteiger partial charge in [-0.3, -0.25) is 4.79 Å². The predicted molar refractivity (Wildman–Crippen MR) is 60.0 cm³/mol. The van der Waals surface area contributed by atoms with Crippen LogP contribution in [0.3, 0.4) is 0 Å². The molecule has 0 radical (unpaired) electrons. The molecule has 0 fully saturated rings. The van der Waals surface area contributed by atoms with Gasteiger partial charge in [0.2, 0.25) is 0 Å². The Balaban J connectivity index is 4.07. The van der Waals surface area contributed by atoms with E-state index in [2.05, 4.69) is 5.92 Å². The molecule has 0 aliphatic rings. The third-order valence-electron chi connectivity index (χ3n) is 1.93. The van der Waals surface area contributed by atoms with Crippen molar-refractivity contribution >= 4 is 15.6 Å². The molecule has 1 atom stereocenters. The second-order valence-corrected chi connectivity index (χ2v) is 5.69. The van der Waals surface area contributed by atoms with E-state index >= 15 is 0 Å². The first-order valence-corrected chi connectivity index (χ1v) is 6.67. The number of nitrogens with two attached hydrogens (primary N) is 1. The predicted octanol–water partition coefficient (Wildman–Crippen LogP) is 0.121. The van der Waals surface area contributed by atoms with Crippen molar-refractivity contribution in [2.45, 2.75) is 32.2 Å². The third-order valence-corrected chi connectivity index (χ3v) is 3.78. The number of hydrogen-bond acceptors (Lipinski definition) is 4. The maximum absolute atomic E-state index is 11.3. The van der Waals surface area contributed by atoms with Gasteiger partial charge in [0.25, 0.3) is 0 Å². The first kappa shape index (κ1) is 14.1. The third kappa shape index (κ3) is 6.26. The molecule has 0 aliphatic heterocycles. The molecular formula is C10H17NO3S. The molecule has 0 aromatic rings. The molecule has 0 rings (SSSR count). The highest BCUT2D eigenvalue weighted by Crippen LogP contribution is 2.00. The van der Waals surface area contributed by atoms with Gasteiger partial charge in [-0.1, -0.05) is 6.92 Å². The quantitative estimate of drug-likeness (QED) is 0.631. The maximum atomic E-state index is 11.3. The fourth-order valence-corrected chi connectivity index (χ4v) is 2.43. The molecule has 15 heavy (non-hydrogen) atoms. The normalized spacial score (nSPS) is 13.1. The van der Waals surface area contributed by atoms with E-state index in [-0.39, 0.29) is 30.1 Å². The van der Waals surface area contributed by atoms with Gasteiger partial charge in [0.1, 0.15) is 0 Å². The van der Waals surface area contributed by atoms with Gasteiger partial charge in [0, 0.05) is 18.6 Å². The molecule has 0 aliphatic carbocycles. The van der Waals surface area contributed by atoms with Crippen molar-refractivity contribution < 1.29 is 13.2 Å². The lowest BCUT2D eigenvalue weighted by atomic mass is 10.1. The van der Waals surface area contributed by atoms with Gasteiger partial charge in [-0.05, 0) is 6.42 Å². The van der Waals surface area contributed by atoms with E-state index in [9.17, 15) is 13.2 Å². The van der Waals surface area contributed by atoms with Crippen molar-refractivity contribution in [2.24, 2.45) is 5.73 Å². The highest BCUT2D eigenvalue weighted by atomic mass is 32.2. The van der Waals surface area contributed by atoms with Gasteiger partial charge >= 0.3 is 0 Å². The van der Waals surface area contributed by atoms with E-state index in [0.29, 0.717) is 6.42 Å². The maximum Gasteiger partial charge on any atom is 0.151 e. The van der Waals surface area contributed by atoms with Crippen LogP contribution in [0.15, 0.2) is 0 Å². The standard InChI is InChI=1S/C10H17NO3S/c1-3-5-9(11)10(12)6-8-15(13,14)7-4-2/h1,9H,4-8,11H2,2H3. The summed E-state index contributed by atoms with van der Waals surface area (Å²) in [7, 11) is -3.10. The van der Waals surface area contributed by atoms with Crippen LogP contribution in [0.2, 0.25) is 0 Å². The summed E-state index contributed by atoms with van der Waals surface area (Å²) < 4.78 is 22.6. The minimum atomic E-state index is -3.10. The number of terminal acetylenes is 1. The zero-order valence-electron chi connectivity index (χ0n) is 8.90. The first-order chi connectivity index (χ1) is 6.93. The van der Waals surface area contributed by atoms with E-state index < -0.39 is 15.9 Å². The average Bonchev–Trinajstić information content (AvgIpc) is 2.14. The molecule has 0 amide bonds. The molecule has 86 valence electrons. The largest absolute Gasteiger partial charge is 0.321 e. The second-order valence-electron chi connectivity index (χ2n) is 3.38. The van der Waals surface area contributed by atoms with Crippen LogP contribution in [-0.4, -0.2) is 31.7 Å². The van der Waals surface area contributed by atoms with Crippen LogP contribution in [0.4, 0.5) is 0 Å². The summed E-state index contributed by atoms with van der Waals surface area (Å²) in [5.41, 5.74) is 5.44. The van der Waals surface area contributed by atoms with Gasteiger partial charge in [-0.2, -0.15) is 0 Å². The highest BCUT2D eigenvalue weighted by Gasteiger charge is 2.16. The molecule has 0 saturated heterocycles. The fourth-order valence-electron chi connectivity index (χ4n) is 1.10. The highest BCUT2D eigenvalue weighted by molar-refractivity contribution is 7.91. The van der Waals surface area contributed by atoms with Crippen molar-refractivity contribution in [2.75, 3.05) is 11.5 Å². The molecule has 0 saturated carbocycles. The molecule has 4 nitrogen and oxygen atoms in total. The molecule has 5 heteroatoms. The lowest BCUT2D eigenvalue weighted by Gasteiger charge is -2.06. The SMILES string of the molecule is C#CCC(N)C(=O)CCS(=O)(=O)CCC. The zero-order valence-corrected chi connectivity index (χ0v) is 9.72. The van der Waals surface area contributed by atoms with E-state index in [4.69, 9.17) is 12.2 Å². The van der Waals surface area contributed by atoms with Crippen LogP contribution in [0.5, 0.6) is 0 Å². The van der Waals surface area contributed by atoms with Crippen LogP contribution in [-0.2, 0) is 14.6 Å². The minimum Gasteiger partial charge on any atom is -0.321 e. The lowest BCUT2D eigenvalue weighted by Crippen LogP contribution is -2.31. The summed E-state index contributed by atoms with van der Waals surface area (Å²) in [6.07, 6.45) is 5.68. The number of hydrogen-bond donors (Lipinski definition) is 1. The molecule has 0 aromatic carbocycles. The lowest BCUT2D eigenvalue weighted by molar-refractivity contribution is -0.119. The fraction of sp³-hybridized carbons (Fsp3) is 0.700. The van der Waals surface area contributed by atoms with Crippen LogP contribution in [0.25, 0.3) is 0 Å². The van der Waals surface area contributed by atoms with Gasteiger partial charge in [0.15, 0.2) is 15.6 Å². The number of sulfone groups is 1. The van der Waals surface area contributed by atoms with E-state index in [0.717, 1.165) is 0 Å². The Morgan fingerprint density at radius 3 is 2.53 bits per heavy atom. The van der Waals surface area contributed by atoms with Gasteiger partial charge < -0.3 is 5.73 Å². The monoisotopic (exact) mass is 231 g/mol. The van der Waals surface area contributed by atoms with Crippen LogP contribution < -0.4 is 5.73 Å². The Labute approximate surface area is 91.1 Å². The summed E-state index contributed by atoms with van der Waals surface area (Å²) in [6, 6.07) is -0.730. The smallest absolute Gasteiger partial charge is 0.151 e. The number of carbonyl (C=O) groups excluding carboxylic acids is 1. The Kier molecular flexibility index (Phi) is 6.21. The zero-order chi connectivity index (χ0) is 11.9. The Morgan fingerprint density at radius 2 is 2.07 bits per heavy atom. The Morgan fingerprint density at radius 1 is 1.47 bits per heavy atom. The first-order valence-electron chi connectivity index (χ1n) is 4.85. The average molecular weight is 231 g/mol. The summed E-state index contributed by atoms with van der Waals surface area (Å²) in [4.78, 5) is 11.3. The van der Waals surface area contributed by atoms with Gasteiger partial charge in [-0.15, -0.1) is 12.3 Å². The molecule has 0 aromatic heterocycles. The molecule has 0 heterocycles. The number of rotatable bonds is 7. The molecule has 0 bridgehead atoms. The Bertz CT molecular complexity index is 340. The summed E-state index contributed by atoms with van der Waals surface area (Å²) >= 11 is 0. The van der Waals surface area contributed by atoms with Gasteiger partial charge in [-0.25, -0.2) is 8.42 Å². The number of ketones is 1. The Hall–Kier alpha value is -0.860. The van der Waals surface area contributed by atoms with E-state index in [1.165, 1.54) is 0 Å². The van der Waals surface area contributed by atoms with Crippen molar-refractivity contribution in [3.05, 3.63) is 0 Å². The van der Waals surface area contributed by atoms with E-state index in [1.807, 2.05) is 0 Å². The number of Topliss-reactive ketones (excluding diaryl/α,β-unsaturated/α-hetero) is 1. The summed E-state index contributed by atoms with van der Waals surface area (Å²) in [6.45, 7) is 1.78. The van der Waals surface area contributed by atoms with Crippen LogP contribution >= 0.6 is 0 Å². The topological polar surface area (TPSA) is 77.2 Å². The molecule has 1 unspecified atom stereocenters. The van der Waals surface area contributed by atoms with Crippen LogP contribution in [0, 0.1) is 12.3 Å². The van der Waals surface area contributed by atoms with Crippen molar-refractivity contribution in [1.29, 1.82) is 0 Å². The molecule has 0 spiro atoms. The van der Waals surface area contributed by atoms with E-state index in [1.54, 1.807) is 6.92 Å². The van der Waals surface area contributed by atoms with Crippen molar-refractivity contribution in [1.82, 2.24) is 0 Å². The van der Waals surface area contributed by atoms with Crippen molar-refractivity contribution in [3.8, 4) is 12.3 Å². The van der Waals surface area contributed by atoms with Crippen molar-refractivity contribution in [3.63, 3.8) is 0 Å². The number of carbonyl (C=O) groups is 1. The summed E-state index contributed by atoms with van der Waals surface area (Å²) in [5.74, 6) is 1.98. The molecular weight excluding hydrogens is 214 g/mol. The summed E-state index contributed by atoms with van der Waals surface area (Å²) in [5, 5.41) is 0. The van der Waals surface area contributed by atoms with Gasteiger partial charge in [0.05, 0.1) is 11.8 Å². The minimum absolute atomic E-state index is 0.0365. The second kappa shape index (κ2) is 6.59. The molecule has 2 N–H and O–H groups in total.